The predicted molar refractivity (Wildman–Crippen MR) is 46.3 cm³/mol. The number of rotatable bonds is 2. The largest absolute Gasteiger partial charge is 2.00 e. The maximum atomic E-state index is 11.7. The van der Waals surface area contributed by atoms with Crippen molar-refractivity contribution in [3.05, 3.63) is 42.3 Å². The van der Waals surface area contributed by atoms with Crippen LogP contribution >= 0.6 is 0 Å². The zero-order valence-corrected chi connectivity index (χ0v) is 10.4. The molecule has 0 aliphatic carbocycles. The second-order valence-corrected chi connectivity index (χ2v) is 2.44. The van der Waals surface area contributed by atoms with Crippen molar-refractivity contribution in [3.8, 4) is 0 Å². The summed E-state index contributed by atoms with van der Waals surface area (Å²) in [5.74, 6) is 0. The van der Waals surface area contributed by atoms with Crippen LogP contribution in [0.3, 0.4) is 0 Å². The van der Waals surface area contributed by atoms with Crippen LogP contribution in [0.5, 0.6) is 0 Å². The third kappa shape index (κ3) is 7.64. The molecular formula is C9H8BrF3Mg. The third-order valence-corrected chi connectivity index (χ3v) is 1.41. The van der Waals surface area contributed by atoms with E-state index in [9.17, 15) is 13.2 Å². The Morgan fingerprint density at radius 2 is 1.57 bits per heavy atom. The van der Waals surface area contributed by atoms with E-state index in [2.05, 4.69) is 0 Å². The maximum Gasteiger partial charge on any atom is 2.00 e. The van der Waals surface area contributed by atoms with Crippen LogP contribution < -0.4 is 17.0 Å². The van der Waals surface area contributed by atoms with Gasteiger partial charge in [-0.15, -0.1) is 6.42 Å². The number of benzene rings is 1. The molecule has 0 spiro atoms. The Balaban J connectivity index is 0. The van der Waals surface area contributed by atoms with E-state index in [4.69, 9.17) is 0 Å². The van der Waals surface area contributed by atoms with E-state index in [1.54, 1.807) is 30.3 Å². The minimum Gasteiger partial charge on any atom is -1.00 e. The van der Waals surface area contributed by atoms with Crippen LogP contribution in [0.2, 0.25) is 0 Å². The van der Waals surface area contributed by atoms with Crippen LogP contribution in [0.4, 0.5) is 13.2 Å². The van der Waals surface area contributed by atoms with Crippen molar-refractivity contribution in [2.24, 2.45) is 0 Å². The summed E-state index contributed by atoms with van der Waals surface area (Å²) >= 11 is 0. The summed E-state index contributed by atoms with van der Waals surface area (Å²) in [7, 11) is 0. The molecule has 1 aromatic rings. The van der Waals surface area contributed by atoms with Gasteiger partial charge >= 0.3 is 23.1 Å². The second-order valence-electron chi connectivity index (χ2n) is 2.44. The molecule has 14 heavy (non-hydrogen) atoms. The zero-order chi connectivity index (χ0) is 9.03. The molecule has 74 valence electrons. The Bertz CT molecular complexity index is 236. The molecular weight excluding hydrogens is 269 g/mol. The fourth-order valence-electron chi connectivity index (χ4n) is 0.848. The van der Waals surface area contributed by atoms with E-state index in [1.807, 2.05) is 0 Å². The summed E-state index contributed by atoms with van der Waals surface area (Å²) in [5, 5.41) is 0. The van der Waals surface area contributed by atoms with Gasteiger partial charge in [0.05, 0.1) is 0 Å². The van der Waals surface area contributed by atoms with E-state index in [-0.39, 0.29) is 46.5 Å². The second kappa shape index (κ2) is 7.54. The Morgan fingerprint density at radius 3 is 2.00 bits per heavy atom. The molecule has 0 saturated carbocycles. The molecule has 0 heterocycles. The fourth-order valence-corrected chi connectivity index (χ4v) is 0.848. The van der Waals surface area contributed by atoms with Gasteiger partial charge < -0.3 is 17.0 Å². The zero-order valence-electron chi connectivity index (χ0n) is 7.39. The Morgan fingerprint density at radius 1 is 1.07 bits per heavy atom. The summed E-state index contributed by atoms with van der Waals surface area (Å²) in [6.45, 7) is 0. The smallest absolute Gasteiger partial charge is 1.00 e. The van der Waals surface area contributed by atoms with Crippen LogP contribution in [-0.2, 0) is 6.42 Å². The first-order valence-corrected chi connectivity index (χ1v) is 3.53. The van der Waals surface area contributed by atoms with Crippen molar-refractivity contribution >= 4 is 23.1 Å². The number of hydrogen-bond acceptors (Lipinski definition) is 0. The molecule has 1 aromatic carbocycles. The van der Waals surface area contributed by atoms with Gasteiger partial charge in [-0.3, -0.25) is 0 Å². The third-order valence-electron chi connectivity index (χ3n) is 1.41. The van der Waals surface area contributed by atoms with Gasteiger partial charge in [0.2, 0.25) is 0 Å². The number of hydrogen-bond donors (Lipinski definition) is 0. The van der Waals surface area contributed by atoms with E-state index in [1.165, 1.54) is 0 Å². The maximum absolute atomic E-state index is 11.7. The molecule has 0 unspecified atom stereocenters. The number of alkyl halides is 3. The van der Waals surface area contributed by atoms with Crippen LogP contribution in [0.15, 0.2) is 30.3 Å². The molecule has 0 aliphatic heterocycles. The predicted octanol–water partition coefficient (Wildman–Crippen LogP) is -0.381. The Hall–Kier alpha value is 0.256. The van der Waals surface area contributed by atoms with Crippen LogP contribution in [0, 0.1) is 6.42 Å². The first-order chi connectivity index (χ1) is 5.58. The fraction of sp³-hybridized carbons (Fsp3) is 0.222. The molecule has 0 amide bonds. The molecule has 0 nitrogen and oxygen atoms in total. The van der Waals surface area contributed by atoms with Crippen molar-refractivity contribution < 1.29 is 30.2 Å². The van der Waals surface area contributed by atoms with Gasteiger partial charge in [-0.25, -0.2) is 19.6 Å². The molecule has 0 saturated heterocycles. The van der Waals surface area contributed by atoms with Gasteiger partial charge in [-0.1, -0.05) is 35.9 Å². The molecule has 0 aromatic heterocycles. The molecule has 1 rings (SSSR count). The summed E-state index contributed by atoms with van der Waals surface area (Å²) < 4.78 is 35.1. The Labute approximate surface area is 108 Å². The summed E-state index contributed by atoms with van der Waals surface area (Å²) in [6.07, 6.45) is -3.87. The molecule has 5 heteroatoms. The van der Waals surface area contributed by atoms with E-state index >= 15 is 0 Å². The average Bonchev–Trinajstić information content (AvgIpc) is 2.02. The van der Waals surface area contributed by atoms with E-state index < -0.39 is 6.18 Å². The minimum atomic E-state index is -4.17. The molecule has 0 N–H and O–H groups in total. The van der Waals surface area contributed by atoms with Gasteiger partial charge in [-0.05, 0) is 0 Å². The first kappa shape index (κ1) is 16.7. The summed E-state index contributed by atoms with van der Waals surface area (Å²) in [4.78, 5) is 0. The minimum absolute atomic E-state index is 0. The molecule has 0 aliphatic rings. The first-order valence-electron chi connectivity index (χ1n) is 3.53. The van der Waals surface area contributed by atoms with Crippen molar-refractivity contribution in [2.45, 2.75) is 12.6 Å². The average molecular weight is 277 g/mol. The van der Waals surface area contributed by atoms with E-state index in [0.717, 1.165) is 0 Å². The van der Waals surface area contributed by atoms with Gasteiger partial charge in [0, 0.05) is 0 Å². The molecule has 0 radical (unpaired) electrons. The molecule has 0 atom stereocenters. The van der Waals surface area contributed by atoms with Gasteiger partial charge in [0.15, 0.2) is 0 Å². The summed E-state index contributed by atoms with van der Waals surface area (Å²) in [6, 6.07) is 8.56. The molecule has 0 bridgehead atoms. The van der Waals surface area contributed by atoms with E-state index in [0.29, 0.717) is 12.0 Å². The summed E-state index contributed by atoms with van der Waals surface area (Å²) in [5.41, 5.74) is 0.676. The van der Waals surface area contributed by atoms with Gasteiger partial charge in [0.25, 0.3) is 6.18 Å². The van der Waals surface area contributed by atoms with Gasteiger partial charge in [-0.2, -0.15) is 0 Å². The quantitative estimate of drug-likeness (QED) is 0.511. The monoisotopic (exact) mass is 276 g/mol. The standard InChI is InChI=1S/C9H8F3.BrH.Mg/c10-9(11,12)7-6-8-4-2-1-3-5-8;;/h1-5,7H,6H2;1H;/q-1;;+2/p-1. The topological polar surface area (TPSA) is 0 Å². The van der Waals surface area contributed by atoms with Gasteiger partial charge in [0.1, 0.15) is 0 Å². The number of halogens is 4. The normalized spacial score (nSPS) is 9.93. The van der Waals surface area contributed by atoms with Crippen molar-refractivity contribution in [1.29, 1.82) is 0 Å². The SMILES string of the molecule is FC(F)(F)[CH-]Cc1ccccc1.[Br-].[Mg+2]. The molecule has 0 fully saturated rings. The Kier molecular flexibility index (Phi) is 8.98. The van der Waals surface area contributed by atoms with Crippen molar-refractivity contribution in [1.82, 2.24) is 0 Å². The van der Waals surface area contributed by atoms with Crippen LogP contribution in [0.1, 0.15) is 5.56 Å². The van der Waals surface area contributed by atoms with Crippen molar-refractivity contribution in [3.63, 3.8) is 0 Å². The van der Waals surface area contributed by atoms with Crippen LogP contribution in [0.25, 0.3) is 0 Å². The van der Waals surface area contributed by atoms with Crippen LogP contribution in [-0.4, -0.2) is 29.2 Å². The van der Waals surface area contributed by atoms with Crippen molar-refractivity contribution in [2.75, 3.05) is 0 Å².